The standard InChI is InChI=1S/C12H19N5O2/c1-14-12(19)9-4-2-3-6-17(9)11(18)8-16-7-5-10(13)15-16/h5,7,9H,2-4,6,8H2,1H3,(H2,13,15)(H,14,19). The molecule has 1 aromatic rings. The van der Waals surface area contributed by atoms with Crippen LogP contribution in [0.3, 0.4) is 0 Å². The van der Waals surface area contributed by atoms with Crippen LogP contribution < -0.4 is 11.1 Å². The monoisotopic (exact) mass is 265 g/mol. The first-order valence-corrected chi connectivity index (χ1v) is 6.42. The molecule has 7 nitrogen and oxygen atoms in total. The van der Waals surface area contributed by atoms with Crippen molar-refractivity contribution in [3.63, 3.8) is 0 Å². The Morgan fingerprint density at radius 2 is 2.32 bits per heavy atom. The van der Waals surface area contributed by atoms with E-state index in [1.165, 1.54) is 4.68 Å². The summed E-state index contributed by atoms with van der Waals surface area (Å²) in [5.41, 5.74) is 5.51. The lowest BCUT2D eigenvalue weighted by Crippen LogP contribution is -2.52. The number of anilines is 1. The van der Waals surface area contributed by atoms with Crippen molar-refractivity contribution >= 4 is 17.6 Å². The number of nitrogens with two attached hydrogens (primary N) is 1. The van der Waals surface area contributed by atoms with Gasteiger partial charge < -0.3 is 16.0 Å². The summed E-state index contributed by atoms with van der Waals surface area (Å²) in [5, 5.41) is 6.59. The minimum Gasteiger partial charge on any atom is -0.382 e. The Labute approximate surface area is 111 Å². The summed E-state index contributed by atoms with van der Waals surface area (Å²) < 4.78 is 1.49. The lowest BCUT2D eigenvalue weighted by atomic mass is 10.0. The second-order valence-electron chi connectivity index (χ2n) is 4.65. The van der Waals surface area contributed by atoms with Gasteiger partial charge >= 0.3 is 0 Å². The maximum Gasteiger partial charge on any atom is 0.244 e. The van der Waals surface area contributed by atoms with Crippen LogP contribution in [0.5, 0.6) is 0 Å². The van der Waals surface area contributed by atoms with Crippen molar-refractivity contribution in [3.05, 3.63) is 12.3 Å². The van der Waals surface area contributed by atoms with Crippen molar-refractivity contribution in [1.82, 2.24) is 20.0 Å². The van der Waals surface area contributed by atoms with Gasteiger partial charge in [-0.25, -0.2) is 0 Å². The van der Waals surface area contributed by atoms with Gasteiger partial charge in [0.2, 0.25) is 11.8 Å². The number of amides is 2. The maximum atomic E-state index is 12.3. The largest absolute Gasteiger partial charge is 0.382 e. The Balaban J connectivity index is 2.05. The van der Waals surface area contributed by atoms with Crippen molar-refractivity contribution in [3.8, 4) is 0 Å². The van der Waals surface area contributed by atoms with Gasteiger partial charge in [0.05, 0.1) is 0 Å². The topological polar surface area (TPSA) is 93.2 Å². The number of likely N-dealkylation sites (tertiary alicyclic amines) is 1. The molecule has 1 atom stereocenters. The predicted molar refractivity (Wildman–Crippen MR) is 70.1 cm³/mol. The second kappa shape index (κ2) is 5.73. The average molecular weight is 265 g/mol. The van der Waals surface area contributed by atoms with Gasteiger partial charge in [0.25, 0.3) is 0 Å². The molecule has 1 unspecified atom stereocenters. The van der Waals surface area contributed by atoms with Crippen LogP contribution in [0.4, 0.5) is 5.82 Å². The number of nitrogen functional groups attached to an aromatic ring is 1. The Morgan fingerprint density at radius 3 is 2.95 bits per heavy atom. The molecule has 0 aliphatic carbocycles. The molecule has 0 aromatic carbocycles. The molecule has 19 heavy (non-hydrogen) atoms. The van der Waals surface area contributed by atoms with Gasteiger partial charge in [0.1, 0.15) is 18.4 Å². The molecule has 0 bridgehead atoms. The smallest absolute Gasteiger partial charge is 0.244 e. The Kier molecular flexibility index (Phi) is 4.03. The quantitative estimate of drug-likeness (QED) is 0.777. The van der Waals surface area contributed by atoms with Gasteiger partial charge in [-0.1, -0.05) is 0 Å². The van der Waals surface area contributed by atoms with Crippen LogP contribution >= 0.6 is 0 Å². The summed E-state index contributed by atoms with van der Waals surface area (Å²) in [6, 6.07) is 1.28. The first-order chi connectivity index (χ1) is 9.11. The zero-order chi connectivity index (χ0) is 13.8. The van der Waals surface area contributed by atoms with E-state index in [0.717, 1.165) is 12.8 Å². The van der Waals surface area contributed by atoms with Crippen LogP contribution in [0.15, 0.2) is 12.3 Å². The molecule has 1 aliphatic rings. The molecular weight excluding hydrogens is 246 g/mol. The summed E-state index contributed by atoms with van der Waals surface area (Å²) in [5.74, 6) is 0.179. The van der Waals surface area contributed by atoms with E-state index >= 15 is 0 Å². The van der Waals surface area contributed by atoms with Crippen molar-refractivity contribution < 1.29 is 9.59 Å². The predicted octanol–water partition coefficient (Wildman–Crippen LogP) is -0.408. The van der Waals surface area contributed by atoms with E-state index in [-0.39, 0.29) is 24.4 Å². The first kappa shape index (κ1) is 13.4. The number of nitrogens with zero attached hydrogens (tertiary/aromatic N) is 3. The third kappa shape index (κ3) is 3.04. The minimum atomic E-state index is -0.362. The highest BCUT2D eigenvalue weighted by Crippen LogP contribution is 2.17. The molecule has 2 amide bonds. The normalized spacial score (nSPS) is 19.2. The number of aromatic nitrogens is 2. The summed E-state index contributed by atoms with van der Waals surface area (Å²) in [6.07, 6.45) is 4.27. The van der Waals surface area contributed by atoms with E-state index in [4.69, 9.17) is 5.73 Å². The summed E-state index contributed by atoms with van der Waals surface area (Å²) in [7, 11) is 1.59. The first-order valence-electron chi connectivity index (χ1n) is 6.42. The number of carbonyl (C=O) groups is 2. The highest BCUT2D eigenvalue weighted by molar-refractivity contribution is 5.87. The van der Waals surface area contributed by atoms with Crippen LogP contribution in [0, 0.1) is 0 Å². The average Bonchev–Trinajstić information content (AvgIpc) is 2.83. The molecule has 2 heterocycles. The highest BCUT2D eigenvalue weighted by atomic mass is 16.2. The Bertz CT molecular complexity index is 470. The molecule has 2 rings (SSSR count). The molecular formula is C12H19N5O2. The number of likely N-dealkylation sites (N-methyl/N-ethyl adjacent to an activating group) is 1. The van der Waals surface area contributed by atoms with Crippen LogP contribution in [0.2, 0.25) is 0 Å². The number of carbonyl (C=O) groups excluding carboxylic acids is 2. The third-order valence-electron chi connectivity index (χ3n) is 3.33. The van der Waals surface area contributed by atoms with Crippen molar-refractivity contribution in [2.75, 3.05) is 19.3 Å². The maximum absolute atomic E-state index is 12.3. The van der Waals surface area contributed by atoms with Crippen molar-refractivity contribution in [2.24, 2.45) is 0 Å². The van der Waals surface area contributed by atoms with Gasteiger partial charge in [-0.15, -0.1) is 0 Å². The number of rotatable bonds is 3. The molecule has 7 heteroatoms. The van der Waals surface area contributed by atoms with E-state index in [2.05, 4.69) is 10.4 Å². The molecule has 3 N–H and O–H groups in total. The second-order valence-corrected chi connectivity index (χ2v) is 4.65. The number of hydrogen-bond donors (Lipinski definition) is 2. The zero-order valence-corrected chi connectivity index (χ0v) is 11.0. The number of nitrogens with one attached hydrogen (secondary N) is 1. The van der Waals surface area contributed by atoms with E-state index < -0.39 is 0 Å². The minimum absolute atomic E-state index is 0.101. The van der Waals surface area contributed by atoms with Crippen molar-refractivity contribution in [2.45, 2.75) is 31.8 Å². The van der Waals surface area contributed by atoms with E-state index in [1.54, 1.807) is 24.2 Å². The lowest BCUT2D eigenvalue weighted by Gasteiger charge is -2.34. The Morgan fingerprint density at radius 1 is 1.53 bits per heavy atom. The van der Waals surface area contributed by atoms with Gasteiger partial charge in [0.15, 0.2) is 0 Å². The fourth-order valence-corrected chi connectivity index (χ4v) is 2.36. The molecule has 104 valence electrons. The van der Waals surface area contributed by atoms with Gasteiger partial charge in [-0.3, -0.25) is 14.3 Å². The molecule has 1 aromatic heterocycles. The molecule has 0 spiro atoms. The highest BCUT2D eigenvalue weighted by Gasteiger charge is 2.31. The van der Waals surface area contributed by atoms with Gasteiger partial charge in [-0.05, 0) is 25.3 Å². The SMILES string of the molecule is CNC(=O)C1CCCCN1C(=O)Cn1ccc(N)n1. The van der Waals surface area contributed by atoms with E-state index in [9.17, 15) is 9.59 Å². The zero-order valence-electron chi connectivity index (χ0n) is 11.0. The fraction of sp³-hybridized carbons (Fsp3) is 0.583. The van der Waals surface area contributed by atoms with Crippen molar-refractivity contribution in [1.29, 1.82) is 0 Å². The van der Waals surface area contributed by atoms with E-state index in [1.807, 2.05) is 0 Å². The summed E-state index contributed by atoms with van der Waals surface area (Å²) in [6.45, 7) is 0.734. The van der Waals surface area contributed by atoms with Crippen LogP contribution in [0.25, 0.3) is 0 Å². The molecule has 1 fully saturated rings. The third-order valence-corrected chi connectivity index (χ3v) is 3.33. The molecule has 0 saturated carbocycles. The van der Waals surface area contributed by atoms with E-state index in [0.29, 0.717) is 18.8 Å². The van der Waals surface area contributed by atoms with Gasteiger partial charge in [-0.2, -0.15) is 5.10 Å². The number of piperidine rings is 1. The fourth-order valence-electron chi connectivity index (χ4n) is 2.36. The van der Waals surface area contributed by atoms with Gasteiger partial charge in [0, 0.05) is 19.8 Å². The lowest BCUT2D eigenvalue weighted by molar-refractivity contribution is -0.142. The molecule has 1 saturated heterocycles. The van der Waals surface area contributed by atoms with Crippen LogP contribution in [-0.4, -0.2) is 46.1 Å². The molecule has 1 aliphatic heterocycles. The number of hydrogen-bond acceptors (Lipinski definition) is 4. The summed E-state index contributed by atoms with van der Waals surface area (Å²) in [4.78, 5) is 25.7. The Hall–Kier alpha value is -2.05. The summed E-state index contributed by atoms with van der Waals surface area (Å²) >= 11 is 0. The van der Waals surface area contributed by atoms with Crippen LogP contribution in [0.1, 0.15) is 19.3 Å². The van der Waals surface area contributed by atoms with Crippen LogP contribution in [-0.2, 0) is 16.1 Å². The molecule has 0 radical (unpaired) electrons.